The van der Waals surface area contributed by atoms with Gasteiger partial charge in [-0.25, -0.2) is 0 Å². The maximum atomic E-state index is 6.00. The van der Waals surface area contributed by atoms with Crippen molar-refractivity contribution < 1.29 is 4.74 Å². The summed E-state index contributed by atoms with van der Waals surface area (Å²) in [4.78, 5) is 0. The number of fused-ring (bicyclic) bond motifs is 1. The molecule has 0 aromatic rings. The quantitative estimate of drug-likeness (QED) is 0.437. The first kappa shape index (κ1) is 11.2. The minimum absolute atomic E-state index is 0.326. The van der Waals surface area contributed by atoms with Crippen molar-refractivity contribution in [3.8, 4) is 0 Å². The smallest absolute Gasteiger partial charge is 0.0990 e. The number of hydrogen-bond donors (Lipinski definition) is 0. The summed E-state index contributed by atoms with van der Waals surface area (Å²) in [5, 5.41) is 0. The van der Waals surface area contributed by atoms with Gasteiger partial charge in [-0.05, 0) is 31.6 Å². The van der Waals surface area contributed by atoms with Crippen molar-refractivity contribution in [2.24, 2.45) is 5.92 Å². The van der Waals surface area contributed by atoms with Crippen molar-refractivity contribution >= 4 is 22.6 Å². The minimum atomic E-state index is 0.326. The van der Waals surface area contributed by atoms with Crippen molar-refractivity contribution in [3.63, 3.8) is 0 Å². The molecule has 1 aliphatic carbocycles. The first-order chi connectivity index (χ1) is 6.64. The molecule has 2 heteroatoms. The van der Waals surface area contributed by atoms with E-state index in [1.807, 2.05) is 0 Å². The molecule has 0 bridgehead atoms. The zero-order valence-electron chi connectivity index (χ0n) is 9.26. The predicted octanol–water partition coefficient (Wildman–Crippen LogP) is 3.94. The van der Waals surface area contributed by atoms with Crippen molar-refractivity contribution in [1.29, 1.82) is 0 Å². The SMILES string of the molecule is CC(C)CCC12CCCCC(I)C1O2. The summed E-state index contributed by atoms with van der Waals surface area (Å²) >= 11 is 2.59. The third-order valence-corrected chi connectivity index (χ3v) is 4.90. The summed E-state index contributed by atoms with van der Waals surface area (Å²) in [6.45, 7) is 4.62. The van der Waals surface area contributed by atoms with Crippen molar-refractivity contribution in [1.82, 2.24) is 0 Å². The second-order valence-corrected chi connectivity index (χ2v) is 6.90. The molecule has 0 aromatic heterocycles. The maximum absolute atomic E-state index is 6.00. The lowest BCUT2D eigenvalue weighted by Gasteiger charge is -2.12. The number of rotatable bonds is 3. The number of halogens is 1. The van der Waals surface area contributed by atoms with Gasteiger partial charge in [0.2, 0.25) is 0 Å². The van der Waals surface area contributed by atoms with E-state index in [1.165, 1.54) is 38.5 Å². The summed E-state index contributed by atoms with van der Waals surface area (Å²) < 4.78 is 6.78. The molecule has 2 fully saturated rings. The summed E-state index contributed by atoms with van der Waals surface area (Å²) in [7, 11) is 0. The van der Waals surface area contributed by atoms with E-state index in [4.69, 9.17) is 4.74 Å². The van der Waals surface area contributed by atoms with E-state index in [-0.39, 0.29) is 0 Å². The molecule has 1 heterocycles. The van der Waals surface area contributed by atoms with Gasteiger partial charge in [0.25, 0.3) is 0 Å². The molecular formula is C12H21IO. The second-order valence-electron chi connectivity index (χ2n) is 5.30. The Morgan fingerprint density at radius 2 is 2.21 bits per heavy atom. The highest BCUT2D eigenvalue weighted by molar-refractivity contribution is 14.1. The van der Waals surface area contributed by atoms with Crippen LogP contribution in [0.1, 0.15) is 52.4 Å². The Morgan fingerprint density at radius 3 is 2.93 bits per heavy atom. The van der Waals surface area contributed by atoms with Crippen LogP contribution < -0.4 is 0 Å². The van der Waals surface area contributed by atoms with Crippen LogP contribution >= 0.6 is 22.6 Å². The monoisotopic (exact) mass is 308 g/mol. The third kappa shape index (κ3) is 2.26. The highest BCUT2D eigenvalue weighted by Crippen LogP contribution is 2.52. The predicted molar refractivity (Wildman–Crippen MR) is 68.0 cm³/mol. The Morgan fingerprint density at radius 1 is 1.43 bits per heavy atom. The van der Waals surface area contributed by atoms with Crippen LogP contribution in [0, 0.1) is 5.92 Å². The maximum Gasteiger partial charge on any atom is 0.0990 e. The molecule has 2 aliphatic rings. The minimum Gasteiger partial charge on any atom is -0.365 e. The van der Waals surface area contributed by atoms with Gasteiger partial charge in [0, 0.05) is 3.92 Å². The van der Waals surface area contributed by atoms with Crippen molar-refractivity contribution in [2.75, 3.05) is 0 Å². The molecule has 0 amide bonds. The third-order valence-electron chi connectivity index (χ3n) is 3.63. The Kier molecular flexibility index (Phi) is 3.42. The summed E-state index contributed by atoms with van der Waals surface area (Å²) in [5.74, 6) is 0.824. The van der Waals surface area contributed by atoms with Gasteiger partial charge in [0.1, 0.15) is 0 Å². The number of hydrogen-bond acceptors (Lipinski definition) is 1. The Labute approximate surface area is 101 Å². The van der Waals surface area contributed by atoms with E-state index in [2.05, 4.69) is 36.4 Å². The van der Waals surface area contributed by atoms with Crippen LogP contribution in [-0.4, -0.2) is 15.6 Å². The second kappa shape index (κ2) is 4.28. The van der Waals surface area contributed by atoms with Gasteiger partial charge in [-0.2, -0.15) is 0 Å². The molecule has 14 heavy (non-hydrogen) atoms. The van der Waals surface area contributed by atoms with E-state index in [0.717, 1.165) is 9.84 Å². The Hall–Kier alpha value is 0.690. The standard InChI is InChI=1S/C12H21IO/c1-9(2)6-8-12-7-4-3-5-10(13)11(12)14-12/h9-11H,3-8H2,1-2H3. The van der Waals surface area contributed by atoms with Crippen LogP contribution in [-0.2, 0) is 4.74 Å². The van der Waals surface area contributed by atoms with Gasteiger partial charge in [-0.3, -0.25) is 0 Å². The molecule has 0 radical (unpaired) electrons. The van der Waals surface area contributed by atoms with Gasteiger partial charge in [-0.15, -0.1) is 0 Å². The van der Waals surface area contributed by atoms with Crippen LogP contribution in [0.3, 0.4) is 0 Å². The van der Waals surface area contributed by atoms with E-state index >= 15 is 0 Å². The van der Waals surface area contributed by atoms with Crippen LogP contribution in [0.15, 0.2) is 0 Å². The highest BCUT2D eigenvalue weighted by Gasteiger charge is 2.58. The number of ether oxygens (including phenoxy) is 1. The first-order valence-electron chi connectivity index (χ1n) is 5.96. The molecule has 0 spiro atoms. The van der Waals surface area contributed by atoms with E-state index < -0.39 is 0 Å². The lowest BCUT2D eigenvalue weighted by molar-refractivity contribution is 0.243. The lowest BCUT2D eigenvalue weighted by atomic mass is 9.91. The van der Waals surface area contributed by atoms with Gasteiger partial charge in [0.15, 0.2) is 0 Å². The average Bonchev–Trinajstić information content (AvgIpc) is 2.84. The fourth-order valence-corrected chi connectivity index (χ4v) is 3.84. The number of epoxide rings is 1. The van der Waals surface area contributed by atoms with Gasteiger partial charge in [-0.1, -0.05) is 49.3 Å². The van der Waals surface area contributed by atoms with Gasteiger partial charge >= 0.3 is 0 Å². The topological polar surface area (TPSA) is 12.5 Å². The van der Waals surface area contributed by atoms with Gasteiger partial charge in [0.05, 0.1) is 11.7 Å². The van der Waals surface area contributed by atoms with Crippen LogP contribution in [0.4, 0.5) is 0 Å². The summed E-state index contributed by atoms with van der Waals surface area (Å²) in [5.41, 5.74) is 0.326. The average molecular weight is 308 g/mol. The normalized spacial score (nSPS) is 42.0. The van der Waals surface area contributed by atoms with Crippen molar-refractivity contribution in [2.45, 2.75) is 68.0 Å². The molecule has 0 aromatic carbocycles. The molecule has 3 unspecified atom stereocenters. The molecule has 1 aliphatic heterocycles. The van der Waals surface area contributed by atoms with E-state index in [0.29, 0.717) is 11.7 Å². The first-order valence-corrected chi connectivity index (χ1v) is 7.20. The molecule has 2 rings (SSSR count). The van der Waals surface area contributed by atoms with Crippen LogP contribution in [0.2, 0.25) is 0 Å². The molecular weight excluding hydrogens is 287 g/mol. The molecule has 0 N–H and O–H groups in total. The van der Waals surface area contributed by atoms with Crippen LogP contribution in [0.25, 0.3) is 0 Å². The summed E-state index contributed by atoms with van der Waals surface area (Å²) in [6, 6.07) is 0. The molecule has 1 saturated carbocycles. The lowest BCUT2D eigenvalue weighted by Crippen LogP contribution is -2.19. The number of alkyl halides is 1. The Bertz CT molecular complexity index is 204. The molecule has 82 valence electrons. The van der Waals surface area contributed by atoms with E-state index in [1.54, 1.807) is 0 Å². The highest BCUT2D eigenvalue weighted by atomic mass is 127. The van der Waals surface area contributed by atoms with Crippen molar-refractivity contribution in [3.05, 3.63) is 0 Å². The zero-order valence-corrected chi connectivity index (χ0v) is 11.4. The molecule has 1 saturated heterocycles. The largest absolute Gasteiger partial charge is 0.365 e. The Balaban J connectivity index is 1.90. The molecule has 1 nitrogen and oxygen atoms in total. The van der Waals surface area contributed by atoms with E-state index in [9.17, 15) is 0 Å². The fraction of sp³-hybridized carbons (Fsp3) is 1.00. The fourth-order valence-electron chi connectivity index (χ4n) is 2.60. The zero-order chi connectivity index (χ0) is 10.2. The van der Waals surface area contributed by atoms with Gasteiger partial charge < -0.3 is 4.74 Å². The van der Waals surface area contributed by atoms with Crippen LogP contribution in [0.5, 0.6) is 0 Å². The molecule has 3 atom stereocenters. The summed E-state index contributed by atoms with van der Waals surface area (Å²) in [6.07, 6.45) is 8.72.